The zero-order valence-corrected chi connectivity index (χ0v) is 10.8. The van der Waals surface area contributed by atoms with E-state index in [1.165, 1.54) is 24.3 Å². The van der Waals surface area contributed by atoms with Gasteiger partial charge in [0, 0.05) is 12.6 Å². The number of hydrogen-bond acceptors (Lipinski definition) is 4. The van der Waals surface area contributed by atoms with Gasteiger partial charge < -0.3 is 5.32 Å². The summed E-state index contributed by atoms with van der Waals surface area (Å²) in [5.74, 6) is 0.330. The van der Waals surface area contributed by atoms with Gasteiger partial charge in [0.15, 0.2) is 0 Å². The van der Waals surface area contributed by atoms with Crippen LogP contribution in [-0.4, -0.2) is 36.3 Å². The SMILES string of the molecule is CN[C@H](C(=O)N1N=CC[C@H]1C#N)C1CCCCC1. The van der Waals surface area contributed by atoms with E-state index < -0.39 is 6.04 Å². The second-order valence-electron chi connectivity index (χ2n) is 5.03. The lowest BCUT2D eigenvalue weighted by atomic mass is 9.83. The van der Waals surface area contributed by atoms with Crippen LogP contribution in [0.5, 0.6) is 0 Å². The largest absolute Gasteiger partial charge is 0.309 e. The van der Waals surface area contributed by atoms with Gasteiger partial charge in [0.05, 0.1) is 12.1 Å². The summed E-state index contributed by atoms with van der Waals surface area (Å²) in [6.07, 6.45) is 8.03. The van der Waals surface area contributed by atoms with Gasteiger partial charge in [0.25, 0.3) is 5.91 Å². The number of rotatable bonds is 3. The standard InChI is InChI=1S/C13H20N4O/c1-15-12(10-5-3-2-4-6-10)13(18)17-11(9-14)7-8-16-17/h8,10-12,15H,2-7H2,1H3/t11-,12-/m0/s1. The molecule has 1 aliphatic carbocycles. The molecule has 2 atom stereocenters. The highest BCUT2D eigenvalue weighted by Crippen LogP contribution is 2.28. The van der Waals surface area contributed by atoms with Crippen molar-refractivity contribution in [3.8, 4) is 6.07 Å². The lowest BCUT2D eigenvalue weighted by Gasteiger charge is -2.31. The number of likely N-dealkylation sites (N-methyl/N-ethyl adjacent to an activating group) is 1. The Morgan fingerprint density at radius 1 is 1.50 bits per heavy atom. The maximum atomic E-state index is 12.4. The van der Waals surface area contributed by atoms with Gasteiger partial charge in [-0.1, -0.05) is 19.3 Å². The zero-order chi connectivity index (χ0) is 13.0. The quantitative estimate of drug-likeness (QED) is 0.817. The monoisotopic (exact) mass is 248 g/mol. The molecule has 0 aromatic carbocycles. The summed E-state index contributed by atoms with van der Waals surface area (Å²) in [4.78, 5) is 12.4. The van der Waals surface area contributed by atoms with E-state index in [4.69, 9.17) is 5.26 Å². The van der Waals surface area contributed by atoms with Gasteiger partial charge in [-0.2, -0.15) is 10.4 Å². The summed E-state index contributed by atoms with van der Waals surface area (Å²) in [7, 11) is 1.82. The Balaban J connectivity index is 2.05. The fourth-order valence-electron chi connectivity index (χ4n) is 2.90. The summed E-state index contributed by atoms with van der Waals surface area (Å²) in [6, 6.07) is 1.51. The van der Waals surface area contributed by atoms with Crippen molar-refractivity contribution in [2.45, 2.75) is 50.6 Å². The number of carbonyl (C=O) groups excluding carboxylic acids is 1. The molecule has 5 heteroatoms. The van der Waals surface area contributed by atoms with Crippen molar-refractivity contribution < 1.29 is 4.79 Å². The molecule has 0 aromatic rings. The molecular weight excluding hydrogens is 228 g/mol. The van der Waals surface area contributed by atoms with E-state index in [1.807, 2.05) is 7.05 Å². The van der Waals surface area contributed by atoms with Crippen LogP contribution in [0.2, 0.25) is 0 Å². The number of nitriles is 1. The van der Waals surface area contributed by atoms with Crippen molar-refractivity contribution in [2.75, 3.05) is 7.05 Å². The maximum absolute atomic E-state index is 12.4. The minimum Gasteiger partial charge on any atom is -0.309 e. The molecule has 1 fully saturated rings. The molecule has 2 aliphatic rings. The predicted octanol–water partition coefficient (Wildman–Crippen LogP) is 1.26. The van der Waals surface area contributed by atoms with Gasteiger partial charge in [-0.15, -0.1) is 0 Å². The van der Waals surface area contributed by atoms with Crippen LogP contribution in [0.3, 0.4) is 0 Å². The van der Waals surface area contributed by atoms with E-state index in [1.54, 1.807) is 6.21 Å². The van der Waals surface area contributed by atoms with Crippen molar-refractivity contribution in [1.29, 1.82) is 5.26 Å². The van der Waals surface area contributed by atoms with Crippen LogP contribution in [0.1, 0.15) is 38.5 Å². The summed E-state index contributed by atoms with van der Waals surface area (Å²) in [5.41, 5.74) is 0. The molecule has 0 spiro atoms. The number of carbonyl (C=O) groups is 1. The first kappa shape index (κ1) is 13.0. The van der Waals surface area contributed by atoms with Crippen molar-refractivity contribution in [3.63, 3.8) is 0 Å². The molecule has 0 saturated heterocycles. The number of amides is 1. The van der Waals surface area contributed by atoms with Crippen LogP contribution < -0.4 is 5.32 Å². The topological polar surface area (TPSA) is 68.5 Å². The fraction of sp³-hybridized carbons (Fsp3) is 0.769. The van der Waals surface area contributed by atoms with Gasteiger partial charge in [-0.05, 0) is 25.8 Å². The molecule has 5 nitrogen and oxygen atoms in total. The Labute approximate surface area is 108 Å². The minimum absolute atomic E-state index is 0.0512. The van der Waals surface area contributed by atoms with Crippen molar-refractivity contribution in [1.82, 2.24) is 10.3 Å². The molecule has 0 radical (unpaired) electrons. The number of nitrogens with one attached hydrogen (secondary N) is 1. The Kier molecular flexibility index (Phi) is 4.32. The number of nitrogens with zero attached hydrogens (tertiary/aromatic N) is 3. The second-order valence-corrected chi connectivity index (χ2v) is 5.03. The molecule has 18 heavy (non-hydrogen) atoms. The van der Waals surface area contributed by atoms with Crippen LogP contribution in [-0.2, 0) is 4.79 Å². The van der Waals surface area contributed by atoms with E-state index in [0.29, 0.717) is 12.3 Å². The molecule has 1 N–H and O–H groups in total. The Bertz CT molecular complexity index is 368. The first-order valence-electron chi connectivity index (χ1n) is 6.70. The molecule has 1 heterocycles. The highest BCUT2D eigenvalue weighted by molar-refractivity contribution is 5.85. The van der Waals surface area contributed by atoms with E-state index in [9.17, 15) is 4.79 Å². The van der Waals surface area contributed by atoms with E-state index in [0.717, 1.165) is 12.8 Å². The average Bonchev–Trinajstić information content (AvgIpc) is 2.89. The normalized spacial score (nSPS) is 26.0. The molecule has 1 saturated carbocycles. The van der Waals surface area contributed by atoms with Crippen LogP contribution in [0.15, 0.2) is 5.10 Å². The first-order valence-corrected chi connectivity index (χ1v) is 6.70. The third-order valence-electron chi connectivity index (χ3n) is 3.90. The average molecular weight is 248 g/mol. The molecule has 1 amide bonds. The van der Waals surface area contributed by atoms with Gasteiger partial charge in [0.2, 0.25) is 0 Å². The van der Waals surface area contributed by atoms with E-state index in [-0.39, 0.29) is 11.9 Å². The number of hydrazone groups is 1. The van der Waals surface area contributed by atoms with Gasteiger partial charge >= 0.3 is 0 Å². The highest BCUT2D eigenvalue weighted by Gasteiger charge is 2.35. The van der Waals surface area contributed by atoms with E-state index in [2.05, 4.69) is 16.5 Å². The summed E-state index contributed by atoms with van der Waals surface area (Å²) in [6.45, 7) is 0. The fourth-order valence-corrected chi connectivity index (χ4v) is 2.90. The van der Waals surface area contributed by atoms with Crippen LogP contribution in [0.4, 0.5) is 0 Å². The lowest BCUT2D eigenvalue weighted by Crippen LogP contribution is -2.49. The first-order chi connectivity index (χ1) is 8.77. The van der Waals surface area contributed by atoms with Crippen LogP contribution in [0, 0.1) is 17.2 Å². The van der Waals surface area contributed by atoms with E-state index >= 15 is 0 Å². The van der Waals surface area contributed by atoms with Gasteiger partial charge in [-0.3, -0.25) is 4.79 Å². The molecular formula is C13H20N4O. The summed E-state index contributed by atoms with van der Waals surface area (Å²) in [5, 5.41) is 17.5. The highest BCUT2D eigenvalue weighted by atomic mass is 16.2. The molecule has 0 bridgehead atoms. The predicted molar refractivity (Wildman–Crippen MR) is 68.8 cm³/mol. The summed E-state index contributed by atoms with van der Waals surface area (Å²) >= 11 is 0. The minimum atomic E-state index is -0.419. The van der Waals surface area contributed by atoms with Crippen LogP contribution >= 0.6 is 0 Å². The molecule has 0 aromatic heterocycles. The lowest BCUT2D eigenvalue weighted by molar-refractivity contribution is -0.135. The van der Waals surface area contributed by atoms with Gasteiger partial charge in [0.1, 0.15) is 6.04 Å². The van der Waals surface area contributed by atoms with Crippen LogP contribution in [0.25, 0.3) is 0 Å². The third-order valence-corrected chi connectivity index (χ3v) is 3.90. The Hall–Kier alpha value is -1.41. The van der Waals surface area contributed by atoms with Gasteiger partial charge in [-0.25, -0.2) is 5.01 Å². The van der Waals surface area contributed by atoms with Crippen molar-refractivity contribution in [3.05, 3.63) is 0 Å². The molecule has 98 valence electrons. The second kappa shape index (κ2) is 5.96. The Morgan fingerprint density at radius 3 is 2.83 bits per heavy atom. The molecule has 0 unspecified atom stereocenters. The van der Waals surface area contributed by atoms with Crippen molar-refractivity contribution in [2.24, 2.45) is 11.0 Å². The number of hydrogen-bond donors (Lipinski definition) is 1. The zero-order valence-electron chi connectivity index (χ0n) is 10.8. The Morgan fingerprint density at radius 2 is 2.22 bits per heavy atom. The smallest absolute Gasteiger partial charge is 0.261 e. The van der Waals surface area contributed by atoms with Crippen molar-refractivity contribution >= 4 is 12.1 Å². The summed E-state index contributed by atoms with van der Waals surface area (Å²) < 4.78 is 0. The maximum Gasteiger partial charge on any atom is 0.261 e. The molecule has 2 rings (SSSR count). The molecule has 1 aliphatic heterocycles. The third kappa shape index (κ3) is 2.54.